The van der Waals surface area contributed by atoms with E-state index in [1.165, 1.54) is 27.8 Å². The molecule has 3 heteroatoms. The van der Waals surface area contributed by atoms with Crippen LogP contribution in [-0.2, 0) is 53.4 Å². The van der Waals surface area contributed by atoms with Crippen LogP contribution in [0.5, 0.6) is 0 Å². The molecule has 0 amide bonds. The summed E-state index contributed by atoms with van der Waals surface area (Å²) in [6.07, 6.45) is 0. The van der Waals surface area contributed by atoms with E-state index in [4.69, 9.17) is 9.47 Å². The molecule has 7 aromatic carbocycles. The Morgan fingerprint density at radius 2 is 0.432 bits per heavy atom. The first kappa shape index (κ1) is 56.2. The Morgan fingerprint density at radius 1 is 0.257 bits per heavy atom. The van der Waals surface area contributed by atoms with Gasteiger partial charge in [-0.15, -0.1) is 0 Å². The number of ether oxygens (including phenoxy) is 2. The molecule has 0 saturated carbocycles. The van der Waals surface area contributed by atoms with Gasteiger partial charge in [0.15, 0.2) is 0 Å². The number of hydrogen-bond acceptors (Lipinski definition) is 3. The van der Waals surface area contributed by atoms with Crippen molar-refractivity contribution in [1.29, 1.82) is 0 Å². The van der Waals surface area contributed by atoms with Crippen LogP contribution >= 0.6 is 0 Å². The van der Waals surface area contributed by atoms with E-state index in [2.05, 4.69) is 277 Å². The fourth-order valence-corrected chi connectivity index (χ4v) is 11.4. The van der Waals surface area contributed by atoms with Crippen molar-refractivity contribution in [1.82, 2.24) is 0 Å². The third-order valence-electron chi connectivity index (χ3n) is 16.1. The third kappa shape index (κ3) is 10.3. The molecule has 0 bridgehead atoms. The van der Waals surface area contributed by atoms with Gasteiger partial charge in [-0.3, -0.25) is 0 Å². The normalized spacial score (nSPS) is 13.4. The van der Waals surface area contributed by atoms with Gasteiger partial charge in [0.05, 0.1) is 0 Å². The SMILES string of the molecule is COC(c1ccc(C(C)(C)C)cc1)(c1ccc(C(C)(C)C)cc1)c1cc(C(O)(c2ccc(C(C)(C)C)cc2)c2cc(C(OC)(c3ccc(C(C)(C)C)cc3)c3ccc(C(C)(C)C)cc3)c(C)cc2C)c(C)cc1C. The van der Waals surface area contributed by atoms with E-state index in [1.807, 2.05) is 14.2 Å². The van der Waals surface area contributed by atoms with Crippen LogP contribution in [0.25, 0.3) is 0 Å². The van der Waals surface area contributed by atoms with E-state index in [0.29, 0.717) is 0 Å². The monoisotopic (exact) mass is 989 g/mol. The van der Waals surface area contributed by atoms with Crippen LogP contribution < -0.4 is 0 Å². The number of benzene rings is 7. The average molecular weight is 989 g/mol. The molecular weight excluding hydrogens is 901 g/mol. The lowest BCUT2D eigenvalue weighted by Crippen LogP contribution is -2.37. The van der Waals surface area contributed by atoms with Gasteiger partial charge in [0.2, 0.25) is 0 Å². The quantitative estimate of drug-likeness (QED) is 0.131. The Morgan fingerprint density at radius 3 is 0.622 bits per heavy atom. The zero-order chi connectivity index (χ0) is 54.8. The average Bonchev–Trinajstić information content (AvgIpc) is 3.32. The van der Waals surface area contributed by atoms with E-state index < -0.39 is 16.8 Å². The van der Waals surface area contributed by atoms with Crippen LogP contribution in [0, 0.1) is 27.7 Å². The maximum atomic E-state index is 14.7. The molecule has 0 aliphatic carbocycles. The van der Waals surface area contributed by atoms with Gasteiger partial charge in [-0.1, -0.05) is 237 Å². The molecule has 0 fully saturated rings. The molecule has 0 heterocycles. The lowest BCUT2D eigenvalue weighted by atomic mass is 9.70. The van der Waals surface area contributed by atoms with Crippen LogP contribution in [0.3, 0.4) is 0 Å². The molecule has 0 atom stereocenters. The second-order valence-electron chi connectivity index (χ2n) is 26.6. The van der Waals surface area contributed by atoms with Crippen molar-refractivity contribution < 1.29 is 14.6 Å². The summed E-state index contributed by atoms with van der Waals surface area (Å²) >= 11 is 0. The predicted molar refractivity (Wildman–Crippen MR) is 313 cm³/mol. The predicted octanol–water partition coefficient (Wildman–Crippen LogP) is 17.6. The minimum atomic E-state index is -1.66. The summed E-state index contributed by atoms with van der Waals surface area (Å²) in [7, 11) is 3.66. The third-order valence-corrected chi connectivity index (χ3v) is 16.1. The standard InChI is InChI=1S/C71H88O3/c1-46-42-48(3)62(70(73-20,56-34-24-51(25-35-56)65(8,9)10)57-36-26-52(27-37-57)66(11,12)13)44-60(46)69(72,55-32-22-50(23-33-55)64(5,6)7)61-45-63(49(4)43-47(61)2)71(74-21,58-38-28-53(29-39-58)67(14,15)16)59-40-30-54(31-41-59)68(17,18)19/h22-45,72H,1-21H3. The molecular formula is C71H88O3. The van der Waals surface area contributed by atoms with E-state index in [-0.39, 0.29) is 27.1 Å². The molecule has 3 nitrogen and oxygen atoms in total. The molecule has 0 aliphatic heterocycles. The molecule has 0 radical (unpaired) electrons. The van der Waals surface area contributed by atoms with Crippen LogP contribution in [0.4, 0.5) is 0 Å². The summed E-state index contributed by atoms with van der Waals surface area (Å²) in [6, 6.07) is 53.5. The van der Waals surface area contributed by atoms with Gasteiger partial charge in [-0.25, -0.2) is 0 Å². The number of aliphatic hydroxyl groups is 1. The second kappa shape index (κ2) is 19.8. The number of rotatable bonds is 11. The molecule has 390 valence electrons. The highest BCUT2D eigenvalue weighted by molar-refractivity contribution is 5.62. The molecule has 7 rings (SSSR count). The maximum Gasteiger partial charge on any atom is 0.143 e. The highest BCUT2D eigenvalue weighted by Crippen LogP contribution is 2.50. The molecule has 7 aromatic rings. The van der Waals surface area contributed by atoms with Gasteiger partial charge >= 0.3 is 0 Å². The smallest absolute Gasteiger partial charge is 0.143 e. The second-order valence-corrected chi connectivity index (χ2v) is 26.6. The zero-order valence-electron chi connectivity index (χ0n) is 49.1. The molecule has 0 spiro atoms. The van der Waals surface area contributed by atoms with Gasteiger partial charge in [-0.2, -0.15) is 0 Å². The minimum absolute atomic E-state index is 0.0362. The van der Waals surface area contributed by atoms with Gasteiger partial charge in [0.1, 0.15) is 16.8 Å². The van der Waals surface area contributed by atoms with Crippen LogP contribution in [0.2, 0.25) is 0 Å². The van der Waals surface area contributed by atoms with Gasteiger partial charge in [0.25, 0.3) is 0 Å². The van der Waals surface area contributed by atoms with Gasteiger partial charge < -0.3 is 14.6 Å². The topological polar surface area (TPSA) is 38.7 Å². The van der Waals surface area contributed by atoms with Gasteiger partial charge in [-0.05, 0) is 167 Å². The van der Waals surface area contributed by atoms with Gasteiger partial charge in [0, 0.05) is 14.2 Å². The van der Waals surface area contributed by atoms with Crippen LogP contribution in [0.15, 0.2) is 146 Å². The summed E-state index contributed by atoms with van der Waals surface area (Å²) in [5, 5.41) is 14.7. The van der Waals surface area contributed by atoms with E-state index in [9.17, 15) is 5.11 Å². The summed E-state index contributed by atoms with van der Waals surface area (Å²) in [5.41, 5.74) is 14.6. The summed E-state index contributed by atoms with van der Waals surface area (Å²) in [5.74, 6) is 0. The van der Waals surface area contributed by atoms with Crippen molar-refractivity contribution in [2.45, 2.75) is 175 Å². The van der Waals surface area contributed by atoms with Crippen LogP contribution in [-0.4, -0.2) is 19.3 Å². The van der Waals surface area contributed by atoms with E-state index in [1.54, 1.807) is 0 Å². The lowest BCUT2D eigenvalue weighted by molar-refractivity contribution is 0.0567. The number of aryl methyl sites for hydroxylation is 4. The molecule has 74 heavy (non-hydrogen) atoms. The van der Waals surface area contributed by atoms with Crippen LogP contribution in [0.1, 0.15) is 204 Å². The Kier molecular flexibility index (Phi) is 15.1. The fraction of sp³-hybridized carbons (Fsp3) is 0.408. The molecule has 0 unspecified atom stereocenters. The maximum absolute atomic E-state index is 14.7. The highest BCUT2D eigenvalue weighted by Gasteiger charge is 2.45. The minimum Gasteiger partial charge on any atom is -0.376 e. The van der Waals surface area contributed by atoms with Crippen molar-refractivity contribution in [2.75, 3.05) is 14.2 Å². The number of hydrogen-bond donors (Lipinski definition) is 1. The Labute approximate surface area is 447 Å². The summed E-state index contributed by atoms with van der Waals surface area (Å²) < 4.78 is 14.2. The van der Waals surface area contributed by atoms with Crippen molar-refractivity contribution in [3.63, 3.8) is 0 Å². The molecule has 0 saturated heterocycles. The first-order valence-corrected chi connectivity index (χ1v) is 26.9. The zero-order valence-corrected chi connectivity index (χ0v) is 49.1. The summed E-state index contributed by atoms with van der Waals surface area (Å²) in [6.45, 7) is 42.4. The Balaban J connectivity index is 1.60. The molecule has 0 aliphatic rings. The summed E-state index contributed by atoms with van der Waals surface area (Å²) in [4.78, 5) is 0. The van der Waals surface area contributed by atoms with E-state index in [0.717, 1.165) is 72.3 Å². The largest absolute Gasteiger partial charge is 0.376 e. The Hall–Kier alpha value is -5.58. The molecule has 1 N–H and O–H groups in total. The fourth-order valence-electron chi connectivity index (χ4n) is 11.4. The van der Waals surface area contributed by atoms with Crippen molar-refractivity contribution in [2.24, 2.45) is 0 Å². The van der Waals surface area contributed by atoms with Crippen molar-refractivity contribution in [3.05, 3.63) is 246 Å². The lowest BCUT2D eigenvalue weighted by Gasteiger charge is -2.40. The Bertz CT molecular complexity index is 2780. The number of methoxy groups -OCH3 is 2. The molecule has 0 aromatic heterocycles. The first-order chi connectivity index (χ1) is 34.2. The van der Waals surface area contributed by atoms with Crippen molar-refractivity contribution in [3.8, 4) is 0 Å². The van der Waals surface area contributed by atoms with E-state index >= 15 is 0 Å². The first-order valence-electron chi connectivity index (χ1n) is 26.9. The highest BCUT2D eigenvalue weighted by atomic mass is 16.5. The van der Waals surface area contributed by atoms with Crippen molar-refractivity contribution >= 4 is 0 Å².